The summed E-state index contributed by atoms with van der Waals surface area (Å²) >= 11 is 0. The van der Waals surface area contributed by atoms with Crippen molar-refractivity contribution in [2.45, 2.75) is 6.92 Å². The van der Waals surface area contributed by atoms with Crippen molar-refractivity contribution in [1.82, 2.24) is 19.6 Å². The summed E-state index contributed by atoms with van der Waals surface area (Å²) in [5, 5.41) is 4.47. The summed E-state index contributed by atoms with van der Waals surface area (Å²) in [6.45, 7) is 2.08. The lowest BCUT2D eigenvalue weighted by Crippen LogP contribution is -1.96. The van der Waals surface area contributed by atoms with Crippen LogP contribution in [0.2, 0.25) is 0 Å². The topological polar surface area (TPSA) is 43.1 Å². The van der Waals surface area contributed by atoms with Crippen LogP contribution in [0.3, 0.4) is 0 Å². The summed E-state index contributed by atoms with van der Waals surface area (Å²) < 4.78 is 1.89. The molecular weight excluding hydrogens is 272 g/mol. The Bertz CT molecular complexity index is 942. The van der Waals surface area contributed by atoms with Crippen LogP contribution in [-0.4, -0.2) is 19.6 Å². The predicted molar refractivity (Wildman–Crippen MR) is 86.4 cm³/mol. The number of nitrogens with zero attached hydrogens (tertiary/aromatic N) is 4. The number of rotatable bonds is 2. The van der Waals surface area contributed by atoms with E-state index in [2.05, 4.69) is 34.1 Å². The van der Waals surface area contributed by atoms with Crippen LogP contribution in [0.25, 0.3) is 28.0 Å². The molecule has 0 aliphatic carbocycles. The first-order chi connectivity index (χ1) is 10.8. The molecule has 1 aromatic carbocycles. The number of imidazole rings is 1. The second-order valence-electron chi connectivity index (χ2n) is 5.18. The monoisotopic (exact) mass is 286 g/mol. The van der Waals surface area contributed by atoms with Gasteiger partial charge in [0.15, 0.2) is 5.65 Å². The maximum absolute atomic E-state index is 4.59. The fraction of sp³-hybridized carbons (Fsp3) is 0.0556. The molecular formula is C18H14N4. The number of hydrogen-bond donors (Lipinski definition) is 0. The van der Waals surface area contributed by atoms with Crippen LogP contribution in [0.4, 0.5) is 0 Å². The van der Waals surface area contributed by atoms with E-state index in [1.54, 1.807) is 6.20 Å². The summed E-state index contributed by atoms with van der Waals surface area (Å²) in [6.07, 6.45) is 7.36. The molecule has 0 fully saturated rings. The highest BCUT2D eigenvalue weighted by molar-refractivity contribution is 5.80. The summed E-state index contributed by atoms with van der Waals surface area (Å²) in [6, 6.07) is 14.2. The Morgan fingerprint density at radius 1 is 0.864 bits per heavy atom. The number of pyridine rings is 1. The first-order valence-electron chi connectivity index (χ1n) is 7.14. The van der Waals surface area contributed by atoms with E-state index >= 15 is 0 Å². The highest BCUT2D eigenvalue weighted by Gasteiger charge is 2.12. The summed E-state index contributed by atoms with van der Waals surface area (Å²) in [7, 11) is 0. The van der Waals surface area contributed by atoms with Crippen LogP contribution < -0.4 is 0 Å². The van der Waals surface area contributed by atoms with Gasteiger partial charge in [0.05, 0.1) is 11.9 Å². The molecule has 4 rings (SSSR count). The SMILES string of the molecule is Cc1ccncc1-c1ccnn2c(-c3ccccc3)cnc12. The lowest BCUT2D eigenvalue weighted by atomic mass is 10.1. The number of aromatic nitrogens is 4. The number of fused-ring (bicyclic) bond motifs is 1. The first-order valence-corrected chi connectivity index (χ1v) is 7.14. The Balaban J connectivity index is 1.97. The van der Waals surface area contributed by atoms with Gasteiger partial charge in [0.2, 0.25) is 0 Å². The van der Waals surface area contributed by atoms with Gasteiger partial charge in [0.25, 0.3) is 0 Å². The van der Waals surface area contributed by atoms with Gasteiger partial charge in [-0.1, -0.05) is 30.3 Å². The van der Waals surface area contributed by atoms with Crippen molar-refractivity contribution in [3.8, 4) is 22.4 Å². The zero-order valence-electron chi connectivity index (χ0n) is 12.1. The van der Waals surface area contributed by atoms with Crippen molar-refractivity contribution in [2.24, 2.45) is 0 Å². The smallest absolute Gasteiger partial charge is 0.162 e. The molecule has 4 heteroatoms. The predicted octanol–water partition coefficient (Wildman–Crippen LogP) is 3.77. The molecule has 3 aromatic heterocycles. The molecule has 0 saturated carbocycles. The summed E-state index contributed by atoms with van der Waals surface area (Å²) in [4.78, 5) is 8.82. The van der Waals surface area contributed by atoms with Gasteiger partial charge in [-0.25, -0.2) is 9.50 Å². The molecule has 0 amide bonds. The Morgan fingerprint density at radius 3 is 2.55 bits per heavy atom. The molecule has 4 nitrogen and oxygen atoms in total. The normalized spacial score (nSPS) is 11.0. The van der Waals surface area contributed by atoms with Crippen LogP contribution in [0.15, 0.2) is 67.3 Å². The van der Waals surface area contributed by atoms with E-state index in [4.69, 9.17) is 0 Å². The van der Waals surface area contributed by atoms with Crippen molar-refractivity contribution in [2.75, 3.05) is 0 Å². The Hall–Kier alpha value is -3.01. The first kappa shape index (κ1) is 12.7. The van der Waals surface area contributed by atoms with Gasteiger partial charge in [-0.3, -0.25) is 4.98 Å². The van der Waals surface area contributed by atoms with Crippen LogP contribution in [0.1, 0.15) is 5.56 Å². The molecule has 0 radical (unpaired) electrons. The number of benzene rings is 1. The van der Waals surface area contributed by atoms with E-state index in [0.717, 1.165) is 28.0 Å². The van der Waals surface area contributed by atoms with E-state index in [9.17, 15) is 0 Å². The fourth-order valence-corrected chi connectivity index (χ4v) is 2.66. The third kappa shape index (κ3) is 1.97. The molecule has 0 aliphatic rings. The van der Waals surface area contributed by atoms with Gasteiger partial charge in [0, 0.05) is 35.3 Å². The van der Waals surface area contributed by atoms with Gasteiger partial charge in [-0.05, 0) is 24.6 Å². The zero-order chi connectivity index (χ0) is 14.9. The minimum absolute atomic E-state index is 0.845. The molecule has 0 N–H and O–H groups in total. The van der Waals surface area contributed by atoms with Gasteiger partial charge >= 0.3 is 0 Å². The van der Waals surface area contributed by atoms with Crippen LogP contribution in [0, 0.1) is 6.92 Å². The van der Waals surface area contributed by atoms with E-state index < -0.39 is 0 Å². The molecule has 0 spiro atoms. The van der Waals surface area contributed by atoms with E-state index in [0.29, 0.717) is 0 Å². The third-order valence-electron chi connectivity index (χ3n) is 3.80. The zero-order valence-corrected chi connectivity index (χ0v) is 12.1. The Morgan fingerprint density at radius 2 is 1.73 bits per heavy atom. The molecule has 22 heavy (non-hydrogen) atoms. The largest absolute Gasteiger partial charge is 0.264 e. The molecule has 4 aromatic rings. The quantitative estimate of drug-likeness (QED) is 0.563. The second-order valence-corrected chi connectivity index (χ2v) is 5.18. The molecule has 0 unspecified atom stereocenters. The van der Waals surface area contributed by atoms with Gasteiger partial charge in [-0.15, -0.1) is 0 Å². The number of hydrogen-bond acceptors (Lipinski definition) is 3. The number of aryl methyl sites for hydroxylation is 1. The summed E-state index contributed by atoms with van der Waals surface area (Å²) in [5.74, 6) is 0. The van der Waals surface area contributed by atoms with Crippen molar-refractivity contribution < 1.29 is 0 Å². The van der Waals surface area contributed by atoms with E-state index in [1.165, 1.54) is 5.56 Å². The Labute approximate surface area is 128 Å². The highest BCUT2D eigenvalue weighted by atomic mass is 15.3. The van der Waals surface area contributed by atoms with E-state index in [-0.39, 0.29) is 0 Å². The average molecular weight is 286 g/mol. The van der Waals surface area contributed by atoms with Crippen molar-refractivity contribution in [1.29, 1.82) is 0 Å². The lowest BCUT2D eigenvalue weighted by Gasteiger charge is -2.07. The summed E-state index contributed by atoms with van der Waals surface area (Å²) in [5.41, 5.74) is 6.23. The lowest BCUT2D eigenvalue weighted by molar-refractivity contribution is 0.944. The molecule has 0 aliphatic heterocycles. The average Bonchev–Trinajstić information content (AvgIpc) is 3.00. The van der Waals surface area contributed by atoms with Crippen molar-refractivity contribution in [3.63, 3.8) is 0 Å². The molecule has 0 bridgehead atoms. The van der Waals surface area contributed by atoms with Crippen molar-refractivity contribution >= 4 is 5.65 Å². The van der Waals surface area contributed by atoms with Crippen molar-refractivity contribution in [3.05, 3.63) is 72.8 Å². The van der Waals surface area contributed by atoms with E-state index in [1.807, 2.05) is 53.4 Å². The molecule has 3 heterocycles. The standard InChI is InChI=1S/C18H14N4/c1-13-7-9-19-11-16(13)15-8-10-21-22-17(12-20-18(15)22)14-5-3-2-4-6-14/h2-12H,1H3. The van der Waals surface area contributed by atoms with Crippen LogP contribution >= 0.6 is 0 Å². The minimum atomic E-state index is 0.845. The molecule has 106 valence electrons. The Kier molecular flexibility index (Phi) is 2.93. The molecule has 0 atom stereocenters. The van der Waals surface area contributed by atoms with Crippen LogP contribution in [-0.2, 0) is 0 Å². The highest BCUT2D eigenvalue weighted by Crippen LogP contribution is 2.28. The van der Waals surface area contributed by atoms with Gasteiger partial charge in [-0.2, -0.15) is 5.10 Å². The maximum atomic E-state index is 4.59. The van der Waals surface area contributed by atoms with Crippen LogP contribution in [0.5, 0.6) is 0 Å². The van der Waals surface area contributed by atoms with Gasteiger partial charge < -0.3 is 0 Å². The second kappa shape index (κ2) is 5.07. The van der Waals surface area contributed by atoms with Gasteiger partial charge in [0.1, 0.15) is 0 Å². The minimum Gasteiger partial charge on any atom is -0.264 e. The molecule has 0 saturated heterocycles. The maximum Gasteiger partial charge on any atom is 0.162 e. The fourth-order valence-electron chi connectivity index (χ4n) is 2.66. The third-order valence-corrected chi connectivity index (χ3v) is 3.80.